The van der Waals surface area contributed by atoms with Crippen molar-refractivity contribution in [3.05, 3.63) is 0 Å². The van der Waals surface area contributed by atoms with Crippen molar-refractivity contribution in [2.24, 2.45) is 5.92 Å². The van der Waals surface area contributed by atoms with Crippen LogP contribution in [0.15, 0.2) is 0 Å². The molecule has 0 aromatic carbocycles. The van der Waals surface area contributed by atoms with Crippen molar-refractivity contribution in [1.82, 2.24) is 10.2 Å². The fourth-order valence-corrected chi connectivity index (χ4v) is 2.67. The van der Waals surface area contributed by atoms with Crippen LogP contribution in [-0.4, -0.2) is 36.5 Å². The Morgan fingerprint density at radius 2 is 2.13 bits per heavy atom. The van der Waals surface area contributed by atoms with E-state index in [-0.39, 0.29) is 6.04 Å². The predicted octanol–water partition coefficient (Wildman–Crippen LogP) is 1.39. The highest BCUT2D eigenvalue weighted by atomic mass is 16.2. The first-order valence-corrected chi connectivity index (χ1v) is 6.29. The largest absolute Gasteiger partial charge is 0.341 e. The van der Waals surface area contributed by atoms with Crippen LogP contribution in [0.25, 0.3) is 0 Å². The summed E-state index contributed by atoms with van der Waals surface area (Å²) in [4.78, 5) is 14.2. The number of carbonyl (C=O) groups excluding carboxylic acids is 1. The van der Waals surface area contributed by atoms with Gasteiger partial charge in [-0.1, -0.05) is 13.3 Å². The van der Waals surface area contributed by atoms with Gasteiger partial charge in [-0.25, -0.2) is 0 Å². The van der Waals surface area contributed by atoms with Gasteiger partial charge in [0.1, 0.15) is 0 Å². The molecule has 3 nitrogen and oxygen atoms in total. The Labute approximate surface area is 92.2 Å². The summed E-state index contributed by atoms with van der Waals surface area (Å²) in [5.74, 6) is 1.03. The van der Waals surface area contributed by atoms with Gasteiger partial charge in [-0.2, -0.15) is 0 Å². The predicted molar refractivity (Wildman–Crippen MR) is 60.6 cm³/mol. The zero-order valence-corrected chi connectivity index (χ0v) is 9.67. The van der Waals surface area contributed by atoms with Crippen LogP contribution in [0, 0.1) is 5.92 Å². The van der Waals surface area contributed by atoms with E-state index in [1.807, 2.05) is 0 Å². The normalized spacial score (nSPS) is 32.7. The Hall–Kier alpha value is -0.570. The highest BCUT2D eigenvalue weighted by molar-refractivity contribution is 5.82. The van der Waals surface area contributed by atoms with E-state index < -0.39 is 0 Å². The molecule has 2 atom stereocenters. The molecule has 15 heavy (non-hydrogen) atoms. The minimum atomic E-state index is 0.115. The number of amides is 1. The molecule has 0 aromatic heterocycles. The highest BCUT2D eigenvalue weighted by Crippen LogP contribution is 2.18. The molecule has 1 amide bonds. The Morgan fingerprint density at radius 3 is 2.80 bits per heavy atom. The minimum absolute atomic E-state index is 0.115. The zero-order chi connectivity index (χ0) is 10.7. The average molecular weight is 210 g/mol. The van der Waals surface area contributed by atoms with E-state index in [4.69, 9.17) is 0 Å². The topological polar surface area (TPSA) is 32.3 Å². The minimum Gasteiger partial charge on any atom is -0.341 e. The van der Waals surface area contributed by atoms with Crippen molar-refractivity contribution in [2.45, 2.75) is 45.1 Å². The van der Waals surface area contributed by atoms with E-state index in [0.717, 1.165) is 26.1 Å². The van der Waals surface area contributed by atoms with Crippen LogP contribution in [0.3, 0.4) is 0 Å². The van der Waals surface area contributed by atoms with E-state index in [9.17, 15) is 4.79 Å². The van der Waals surface area contributed by atoms with Crippen molar-refractivity contribution in [1.29, 1.82) is 0 Å². The highest BCUT2D eigenvalue weighted by Gasteiger charge is 2.28. The first-order valence-electron chi connectivity index (χ1n) is 6.29. The second-order valence-electron chi connectivity index (χ2n) is 5.03. The summed E-state index contributed by atoms with van der Waals surface area (Å²) in [7, 11) is 0. The molecule has 2 aliphatic heterocycles. The first-order chi connectivity index (χ1) is 7.27. The summed E-state index contributed by atoms with van der Waals surface area (Å²) >= 11 is 0. The third-order valence-corrected chi connectivity index (χ3v) is 3.58. The van der Waals surface area contributed by atoms with E-state index >= 15 is 0 Å². The van der Waals surface area contributed by atoms with Gasteiger partial charge in [-0.15, -0.1) is 0 Å². The van der Waals surface area contributed by atoms with Crippen molar-refractivity contribution in [2.75, 3.05) is 19.6 Å². The van der Waals surface area contributed by atoms with E-state index in [0.29, 0.717) is 11.8 Å². The second kappa shape index (κ2) is 4.97. The van der Waals surface area contributed by atoms with Gasteiger partial charge in [0.2, 0.25) is 5.91 Å². The van der Waals surface area contributed by atoms with Crippen LogP contribution < -0.4 is 5.32 Å². The van der Waals surface area contributed by atoms with Crippen LogP contribution in [0.1, 0.15) is 39.0 Å². The first kappa shape index (κ1) is 10.9. The maximum absolute atomic E-state index is 12.2. The van der Waals surface area contributed by atoms with Gasteiger partial charge in [0.15, 0.2) is 0 Å². The molecule has 0 aliphatic carbocycles. The molecule has 1 unspecified atom stereocenters. The molecule has 86 valence electrons. The Kier molecular flexibility index (Phi) is 3.62. The maximum Gasteiger partial charge on any atom is 0.239 e. The lowest BCUT2D eigenvalue weighted by atomic mass is 9.98. The molecule has 2 aliphatic rings. The lowest BCUT2D eigenvalue weighted by Crippen LogP contribution is -2.51. The van der Waals surface area contributed by atoms with E-state index in [2.05, 4.69) is 17.1 Å². The molecule has 2 fully saturated rings. The average Bonchev–Trinajstić information content (AvgIpc) is 2.29. The van der Waals surface area contributed by atoms with Crippen molar-refractivity contribution < 1.29 is 4.79 Å². The molecule has 0 radical (unpaired) electrons. The molecular formula is C12H22N2O. The van der Waals surface area contributed by atoms with Gasteiger partial charge in [0, 0.05) is 13.1 Å². The molecule has 2 saturated heterocycles. The number of nitrogens with one attached hydrogen (secondary N) is 1. The van der Waals surface area contributed by atoms with Gasteiger partial charge in [0.05, 0.1) is 6.04 Å². The van der Waals surface area contributed by atoms with Crippen molar-refractivity contribution in [3.63, 3.8) is 0 Å². The van der Waals surface area contributed by atoms with Crippen LogP contribution >= 0.6 is 0 Å². The Bertz CT molecular complexity index is 224. The Balaban J connectivity index is 1.88. The Morgan fingerprint density at radius 1 is 1.27 bits per heavy atom. The van der Waals surface area contributed by atoms with Gasteiger partial charge in [-0.3, -0.25) is 4.79 Å². The molecular weight excluding hydrogens is 188 g/mol. The number of carbonyl (C=O) groups is 1. The van der Waals surface area contributed by atoms with Crippen LogP contribution in [0.4, 0.5) is 0 Å². The van der Waals surface area contributed by atoms with Crippen LogP contribution in [0.5, 0.6) is 0 Å². The standard InChI is InChI=1S/C12H22N2O/c1-10-5-4-8-14(9-10)12(15)11-6-2-3-7-13-11/h10-11,13H,2-9H2,1H3/t10?,11-/m0/s1. The SMILES string of the molecule is CC1CCCN(C(=O)[C@@H]2CCCCN2)C1. The monoisotopic (exact) mass is 210 g/mol. The third-order valence-electron chi connectivity index (χ3n) is 3.58. The maximum atomic E-state index is 12.2. The quantitative estimate of drug-likeness (QED) is 0.709. The summed E-state index contributed by atoms with van der Waals surface area (Å²) in [6, 6.07) is 0.115. The van der Waals surface area contributed by atoms with Crippen molar-refractivity contribution >= 4 is 5.91 Å². The molecule has 1 N–H and O–H groups in total. The van der Waals surface area contributed by atoms with Crippen LogP contribution in [0.2, 0.25) is 0 Å². The fourth-order valence-electron chi connectivity index (χ4n) is 2.67. The number of likely N-dealkylation sites (tertiary alicyclic amines) is 1. The van der Waals surface area contributed by atoms with Gasteiger partial charge < -0.3 is 10.2 Å². The van der Waals surface area contributed by atoms with E-state index in [1.54, 1.807) is 0 Å². The summed E-state index contributed by atoms with van der Waals surface area (Å²) in [5.41, 5.74) is 0. The zero-order valence-electron chi connectivity index (χ0n) is 9.67. The van der Waals surface area contributed by atoms with E-state index in [1.165, 1.54) is 25.7 Å². The molecule has 0 bridgehead atoms. The number of hydrogen-bond acceptors (Lipinski definition) is 2. The fraction of sp³-hybridized carbons (Fsp3) is 0.917. The molecule has 2 heterocycles. The third kappa shape index (κ3) is 2.71. The number of piperidine rings is 2. The lowest BCUT2D eigenvalue weighted by Gasteiger charge is -2.35. The molecule has 0 spiro atoms. The van der Waals surface area contributed by atoms with Gasteiger partial charge in [-0.05, 0) is 38.1 Å². The summed E-state index contributed by atoms with van der Waals surface area (Å²) in [6.45, 7) is 5.20. The van der Waals surface area contributed by atoms with Crippen molar-refractivity contribution in [3.8, 4) is 0 Å². The smallest absolute Gasteiger partial charge is 0.239 e. The summed E-state index contributed by atoms with van der Waals surface area (Å²) in [6.07, 6.45) is 5.91. The number of nitrogens with zero attached hydrogens (tertiary/aromatic N) is 1. The summed E-state index contributed by atoms with van der Waals surface area (Å²) in [5, 5.41) is 3.34. The molecule has 3 heteroatoms. The van der Waals surface area contributed by atoms with Gasteiger partial charge in [0.25, 0.3) is 0 Å². The van der Waals surface area contributed by atoms with Crippen LogP contribution in [-0.2, 0) is 4.79 Å². The van der Waals surface area contributed by atoms with Gasteiger partial charge >= 0.3 is 0 Å². The molecule has 0 saturated carbocycles. The second-order valence-corrected chi connectivity index (χ2v) is 5.03. The molecule has 0 aromatic rings. The number of rotatable bonds is 1. The molecule has 2 rings (SSSR count). The number of hydrogen-bond donors (Lipinski definition) is 1. The lowest BCUT2D eigenvalue weighted by molar-refractivity contribution is -0.135. The summed E-state index contributed by atoms with van der Waals surface area (Å²) < 4.78 is 0.